The average molecular weight is 333 g/mol. The Balaban J connectivity index is 1.81. The highest BCUT2D eigenvalue weighted by Gasteiger charge is 2.17. The number of rotatable bonds is 5. The fraction of sp³-hybridized carbons (Fsp3) is 0.500. The van der Waals surface area contributed by atoms with Crippen molar-refractivity contribution in [1.29, 1.82) is 0 Å². The van der Waals surface area contributed by atoms with E-state index in [1.54, 1.807) is 20.8 Å². The van der Waals surface area contributed by atoms with Crippen LogP contribution in [-0.2, 0) is 9.53 Å². The van der Waals surface area contributed by atoms with Crippen LogP contribution in [-0.4, -0.2) is 38.7 Å². The number of hydrogen-bond donors (Lipinski definition) is 2. The van der Waals surface area contributed by atoms with Crippen LogP contribution in [0.3, 0.4) is 0 Å². The first-order valence-electron chi connectivity index (χ1n) is 7.82. The highest BCUT2D eigenvalue weighted by atomic mass is 16.6. The summed E-state index contributed by atoms with van der Waals surface area (Å²) < 4.78 is 6.93. The first kappa shape index (κ1) is 17.7. The molecule has 2 aromatic heterocycles. The number of ether oxygens (including phenoxy) is 1. The molecule has 2 amide bonds. The zero-order chi connectivity index (χ0) is 17.7. The summed E-state index contributed by atoms with van der Waals surface area (Å²) in [6.07, 6.45) is 1.46. The van der Waals surface area contributed by atoms with Crippen LogP contribution in [0.5, 0.6) is 0 Å². The van der Waals surface area contributed by atoms with Gasteiger partial charge in [0.25, 0.3) is 0 Å². The number of alkyl carbamates (subject to hydrolysis) is 1. The Labute approximate surface area is 140 Å². The van der Waals surface area contributed by atoms with Crippen molar-refractivity contribution in [2.45, 2.75) is 45.8 Å². The van der Waals surface area contributed by atoms with E-state index in [-0.39, 0.29) is 24.9 Å². The first-order valence-corrected chi connectivity index (χ1v) is 7.82. The Morgan fingerprint density at radius 3 is 2.75 bits per heavy atom. The third-order valence-corrected chi connectivity index (χ3v) is 3.13. The average Bonchev–Trinajstić information content (AvgIpc) is 2.89. The molecule has 0 aliphatic rings. The zero-order valence-electron chi connectivity index (χ0n) is 14.4. The van der Waals surface area contributed by atoms with Crippen LogP contribution in [0.4, 0.5) is 4.79 Å². The van der Waals surface area contributed by atoms with Crippen LogP contribution >= 0.6 is 0 Å². The highest BCUT2D eigenvalue weighted by molar-refractivity contribution is 5.77. The Kier molecular flexibility index (Phi) is 5.38. The number of fused-ring (bicyclic) bond motifs is 1. The molecule has 2 aromatic rings. The van der Waals surface area contributed by atoms with E-state index in [1.165, 1.54) is 0 Å². The molecule has 0 spiro atoms. The number of amides is 2. The van der Waals surface area contributed by atoms with Crippen molar-refractivity contribution < 1.29 is 14.3 Å². The lowest BCUT2D eigenvalue weighted by Gasteiger charge is -2.19. The van der Waals surface area contributed by atoms with E-state index in [2.05, 4.69) is 20.8 Å². The number of aromatic nitrogens is 3. The molecule has 0 saturated carbocycles. The number of nitrogens with one attached hydrogen (secondary N) is 2. The van der Waals surface area contributed by atoms with Gasteiger partial charge in [0.2, 0.25) is 5.91 Å². The summed E-state index contributed by atoms with van der Waals surface area (Å²) in [5, 5.41) is 13.6. The number of carbonyl (C=O) groups is 2. The van der Waals surface area contributed by atoms with Crippen molar-refractivity contribution >= 4 is 17.6 Å². The normalized spacial score (nSPS) is 12.7. The predicted octanol–water partition coefficient (Wildman–Crippen LogP) is 1.82. The van der Waals surface area contributed by atoms with Gasteiger partial charge in [-0.05, 0) is 39.8 Å². The Morgan fingerprint density at radius 2 is 2.04 bits per heavy atom. The fourth-order valence-corrected chi connectivity index (χ4v) is 2.13. The summed E-state index contributed by atoms with van der Waals surface area (Å²) in [5.41, 5.74) is 0.162. The summed E-state index contributed by atoms with van der Waals surface area (Å²) in [5.74, 6) is 0.463. The lowest BCUT2D eigenvalue weighted by Crippen LogP contribution is -2.35. The molecule has 0 aliphatic carbocycles. The van der Waals surface area contributed by atoms with E-state index >= 15 is 0 Å². The van der Waals surface area contributed by atoms with Gasteiger partial charge in [0, 0.05) is 19.2 Å². The number of pyridine rings is 1. The van der Waals surface area contributed by atoms with Crippen molar-refractivity contribution in [2.75, 3.05) is 6.54 Å². The third kappa shape index (κ3) is 4.94. The highest BCUT2D eigenvalue weighted by Crippen LogP contribution is 2.11. The van der Waals surface area contributed by atoms with E-state index in [0.717, 1.165) is 5.65 Å². The molecule has 0 aromatic carbocycles. The van der Waals surface area contributed by atoms with Crippen LogP contribution in [0.1, 0.15) is 46.0 Å². The van der Waals surface area contributed by atoms with Gasteiger partial charge in [0.15, 0.2) is 11.5 Å². The second kappa shape index (κ2) is 7.29. The monoisotopic (exact) mass is 333 g/mol. The molecule has 0 radical (unpaired) electrons. The molecule has 24 heavy (non-hydrogen) atoms. The van der Waals surface area contributed by atoms with Gasteiger partial charge in [0.1, 0.15) is 5.60 Å². The van der Waals surface area contributed by atoms with E-state index in [9.17, 15) is 9.59 Å². The van der Waals surface area contributed by atoms with Crippen molar-refractivity contribution in [3.8, 4) is 0 Å². The second-order valence-electron chi connectivity index (χ2n) is 6.45. The summed E-state index contributed by atoms with van der Waals surface area (Å²) in [4.78, 5) is 23.5. The molecular weight excluding hydrogens is 310 g/mol. The van der Waals surface area contributed by atoms with E-state index in [0.29, 0.717) is 5.82 Å². The van der Waals surface area contributed by atoms with Crippen LogP contribution in [0.2, 0.25) is 0 Å². The van der Waals surface area contributed by atoms with E-state index in [1.807, 2.05) is 35.7 Å². The third-order valence-electron chi connectivity index (χ3n) is 3.13. The molecule has 0 saturated heterocycles. The van der Waals surface area contributed by atoms with Gasteiger partial charge in [-0.3, -0.25) is 9.20 Å². The summed E-state index contributed by atoms with van der Waals surface area (Å²) in [7, 11) is 0. The van der Waals surface area contributed by atoms with Crippen molar-refractivity contribution in [3.63, 3.8) is 0 Å². The topological polar surface area (TPSA) is 97.6 Å². The predicted molar refractivity (Wildman–Crippen MR) is 88.4 cm³/mol. The molecule has 2 heterocycles. The molecule has 8 heteroatoms. The molecule has 2 N–H and O–H groups in total. The number of nitrogens with zero attached hydrogens (tertiary/aromatic N) is 3. The van der Waals surface area contributed by atoms with Crippen molar-refractivity contribution in [2.24, 2.45) is 0 Å². The first-order chi connectivity index (χ1) is 11.3. The molecule has 8 nitrogen and oxygen atoms in total. The quantitative estimate of drug-likeness (QED) is 0.870. The van der Waals surface area contributed by atoms with E-state index < -0.39 is 11.7 Å². The molecule has 2 rings (SSSR count). The maximum Gasteiger partial charge on any atom is 0.407 e. The number of carbonyl (C=O) groups excluding carboxylic acids is 2. The van der Waals surface area contributed by atoms with Crippen LogP contribution in [0.15, 0.2) is 24.4 Å². The molecule has 1 unspecified atom stereocenters. The minimum atomic E-state index is -0.560. The maximum atomic E-state index is 12.0. The van der Waals surface area contributed by atoms with Gasteiger partial charge in [-0.15, -0.1) is 10.2 Å². The molecule has 0 aliphatic heterocycles. The second-order valence-corrected chi connectivity index (χ2v) is 6.45. The zero-order valence-corrected chi connectivity index (χ0v) is 14.4. The summed E-state index contributed by atoms with van der Waals surface area (Å²) in [6, 6.07) is 5.30. The molecule has 0 bridgehead atoms. The molecule has 0 fully saturated rings. The lowest BCUT2D eigenvalue weighted by molar-refractivity contribution is -0.121. The van der Waals surface area contributed by atoms with Gasteiger partial charge < -0.3 is 15.4 Å². The van der Waals surface area contributed by atoms with Gasteiger partial charge >= 0.3 is 6.09 Å². The lowest BCUT2D eigenvalue weighted by atomic mass is 10.2. The van der Waals surface area contributed by atoms with Gasteiger partial charge in [0.05, 0.1) is 6.04 Å². The molecule has 130 valence electrons. The van der Waals surface area contributed by atoms with Gasteiger partial charge in [-0.1, -0.05) is 6.07 Å². The van der Waals surface area contributed by atoms with Crippen LogP contribution in [0.25, 0.3) is 5.65 Å². The van der Waals surface area contributed by atoms with Gasteiger partial charge in [-0.25, -0.2) is 4.79 Å². The largest absolute Gasteiger partial charge is 0.444 e. The standard InChI is InChI=1S/C16H23N5O3/c1-11(14-20-19-12-7-5-6-10-21(12)14)18-13(22)8-9-17-15(23)24-16(2,3)4/h5-7,10-11H,8-9H2,1-4H3,(H,17,23)(H,18,22). The number of hydrogen-bond acceptors (Lipinski definition) is 5. The minimum Gasteiger partial charge on any atom is -0.444 e. The van der Waals surface area contributed by atoms with Crippen LogP contribution in [0, 0.1) is 0 Å². The Bertz CT molecular complexity index is 720. The van der Waals surface area contributed by atoms with Crippen molar-refractivity contribution in [3.05, 3.63) is 30.2 Å². The van der Waals surface area contributed by atoms with E-state index in [4.69, 9.17) is 4.74 Å². The fourth-order valence-electron chi connectivity index (χ4n) is 2.13. The maximum absolute atomic E-state index is 12.0. The molecular formula is C16H23N5O3. The van der Waals surface area contributed by atoms with Crippen LogP contribution < -0.4 is 10.6 Å². The van der Waals surface area contributed by atoms with Crippen molar-refractivity contribution in [1.82, 2.24) is 25.2 Å². The SMILES string of the molecule is CC(NC(=O)CCNC(=O)OC(C)(C)C)c1nnc2ccccn12. The Morgan fingerprint density at radius 1 is 1.29 bits per heavy atom. The smallest absolute Gasteiger partial charge is 0.407 e. The van der Waals surface area contributed by atoms with Gasteiger partial charge in [-0.2, -0.15) is 0 Å². The molecule has 1 atom stereocenters. The minimum absolute atomic E-state index is 0.153. The summed E-state index contributed by atoms with van der Waals surface area (Å²) >= 11 is 0. The summed E-state index contributed by atoms with van der Waals surface area (Å²) in [6.45, 7) is 7.38. The Hall–Kier alpha value is -2.64.